The number of amides is 1. The molecular weight excluding hydrogens is 330 g/mol. The van der Waals surface area contributed by atoms with Crippen LogP contribution in [0.3, 0.4) is 0 Å². The van der Waals surface area contributed by atoms with Gasteiger partial charge in [-0.3, -0.25) is 4.79 Å². The van der Waals surface area contributed by atoms with E-state index in [9.17, 15) is 4.79 Å². The Bertz CT molecular complexity index is 718. The minimum absolute atomic E-state index is 0.125. The van der Waals surface area contributed by atoms with Crippen molar-refractivity contribution in [3.8, 4) is 17.2 Å². The second kappa shape index (κ2) is 8.45. The molecule has 6 heteroatoms. The van der Waals surface area contributed by atoms with E-state index >= 15 is 0 Å². The van der Waals surface area contributed by atoms with Gasteiger partial charge in [0.1, 0.15) is 0 Å². The van der Waals surface area contributed by atoms with Crippen LogP contribution in [-0.4, -0.2) is 27.2 Å². The summed E-state index contributed by atoms with van der Waals surface area (Å²) in [6, 6.07) is 10.9. The standard InChI is InChI=1S/C18H20ClNO4/c1-22-15-9-8-13(17(23-2)18(15)24-3)11-20-16(21)10-12-6-4-5-7-14(12)19/h4-9H,10-11H2,1-3H3,(H,20,21). The summed E-state index contributed by atoms with van der Waals surface area (Å²) in [6.45, 7) is 0.312. The van der Waals surface area contributed by atoms with Crippen molar-refractivity contribution in [3.05, 3.63) is 52.5 Å². The molecule has 2 aromatic rings. The minimum atomic E-state index is -0.125. The molecule has 0 radical (unpaired) electrons. The van der Waals surface area contributed by atoms with Gasteiger partial charge in [-0.15, -0.1) is 0 Å². The third-order valence-electron chi connectivity index (χ3n) is 3.57. The topological polar surface area (TPSA) is 56.8 Å². The predicted octanol–water partition coefficient (Wildman–Crippen LogP) is 3.22. The molecule has 0 aromatic heterocycles. The Labute approximate surface area is 146 Å². The maximum Gasteiger partial charge on any atom is 0.224 e. The predicted molar refractivity (Wildman–Crippen MR) is 93.1 cm³/mol. The largest absolute Gasteiger partial charge is 0.493 e. The van der Waals surface area contributed by atoms with Crippen LogP contribution in [-0.2, 0) is 17.8 Å². The molecule has 0 aliphatic rings. The third-order valence-corrected chi connectivity index (χ3v) is 3.94. The zero-order valence-electron chi connectivity index (χ0n) is 13.9. The van der Waals surface area contributed by atoms with Gasteiger partial charge in [-0.05, 0) is 23.8 Å². The normalized spacial score (nSPS) is 10.2. The van der Waals surface area contributed by atoms with Crippen molar-refractivity contribution in [2.24, 2.45) is 0 Å². The van der Waals surface area contributed by atoms with Crippen molar-refractivity contribution in [2.75, 3.05) is 21.3 Å². The SMILES string of the molecule is COc1ccc(CNC(=O)Cc2ccccc2Cl)c(OC)c1OC. The zero-order chi connectivity index (χ0) is 17.5. The molecule has 128 valence electrons. The van der Waals surface area contributed by atoms with Crippen LogP contribution in [0.1, 0.15) is 11.1 Å². The van der Waals surface area contributed by atoms with Crippen molar-refractivity contribution >= 4 is 17.5 Å². The van der Waals surface area contributed by atoms with E-state index in [-0.39, 0.29) is 12.3 Å². The summed E-state index contributed by atoms with van der Waals surface area (Å²) in [5.74, 6) is 1.48. The van der Waals surface area contributed by atoms with E-state index in [0.29, 0.717) is 28.8 Å². The Morgan fingerprint density at radius 1 is 0.958 bits per heavy atom. The number of benzene rings is 2. The molecule has 24 heavy (non-hydrogen) atoms. The molecule has 1 N–H and O–H groups in total. The smallest absolute Gasteiger partial charge is 0.224 e. The number of rotatable bonds is 7. The number of carbonyl (C=O) groups is 1. The highest BCUT2D eigenvalue weighted by Gasteiger charge is 2.16. The quantitative estimate of drug-likeness (QED) is 0.833. The summed E-state index contributed by atoms with van der Waals surface area (Å²) in [5, 5.41) is 3.44. The first-order chi connectivity index (χ1) is 11.6. The summed E-state index contributed by atoms with van der Waals surface area (Å²) >= 11 is 6.08. The molecule has 2 aromatic carbocycles. The molecule has 0 unspecified atom stereocenters. The maximum absolute atomic E-state index is 12.1. The van der Waals surface area contributed by atoms with Crippen LogP contribution in [0.4, 0.5) is 0 Å². The molecule has 0 saturated heterocycles. The molecule has 1 amide bonds. The van der Waals surface area contributed by atoms with Crippen LogP contribution in [0.2, 0.25) is 5.02 Å². The monoisotopic (exact) mass is 349 g/mol. The number of halogens is 1. The average molecular weight is 350 g/mol. The fourth-order valence-electron chi connectivity index (χ4n) is 2.37. The van der Waals surface area contributed by atoms with E-state index in [0.717, 1.165) is 11.1 Å². The lowest BCUT2D eigenvalue weighted by Gasteiger charge is -2.16. The van der Waals surface area contributed by atoms with Crippen LogP contribution in [0.25, 0.3) is 0 Å². The van der Waals surface area contributed by atoms with Gasteiger partial charge in [0.05, 0.1) is 27.8 Å². The van der Waals surface area contributed by atoms with Crippen molar-refractivity contribution in [1.29, 1.82) is 0 Å². The Morgan fingerprint density at radius 3 is 2.29 bits per heavy atom. The van der Waals surface area contributed by atoms with Crippen LogP contribution in [0, 0.1) is 0 Å². The second-order valence-electron chi connectivity index (χ2n) is 5.04. The van der Waals surface area contributed by atoms with Crippen LogP contribution < -0.4 is 19.5 Å². The van der Waals surface area contributed by atoms with E-state index in [1.54, 1.807) is 33.5 Å². The average Bonchev–Trinajstić information content (AvgIpc) is 2.60. The summed E-state index contributed by atoms with van der Waals surface area (Å²) in [7, 11) is 4.65. The summed E-state index contributed by atoms with van der Waals surface area (Å²) in [4.78, 5) is 12.1. The number of ether oxygens (including phenoxy) is 3. The van der Waals surface area contributed by atoms with E-state index in [2.05, 4.69) is 5.32 Å². The summed E-state index contributed by atoms with van der Waals surface area (Å²) in [6.07, 6.45) is 0.218. The molecule has 0 fully saturated rings. The number of hydrogen-bond acceptors (Lipinski definition) is 4. The van der Waals surface area contributed by atoms with E-state index < -0.39 is 0 Å². The second-order valence-corrected chi connectivity index (χ2v) is 5.45. The van der Waals surface area contributed by atoms with Crippen molar-refractivity contribution in [1.82, 2.24) is 5.32 Å². The first-order valence-electron chi connectivity index (χ1n) is 7.38. The Kier molecular flexibility index (Phi) is 6.32. The fourth-order valence-corrected chi connectivity index (χ4v) is 2.58. The first-order valence-corrected chi connectivity index (χ1v) is 7.76. The molecule has 2 rings (SSSR count). The molecule has 0 spiro atoms. The van der Waals surface area contributed by atoms with Gasteiger partial charge in [0.15, 0.2) is 11.5 Å². The minimum Gasteiger partial charge on any atom is -0.493 e. The molecule has 0 bridgehead atoms. The highest BCUT2D eigenvalue weighted by atomic mass is 35.5. The molecule has 0 heterocycles. The lowest BCUT2D eigenvalue weighted by Crippen LogP contribution is -2.25. The highest BCUT2D eigenvalue weighted by Crippen LogP contribution is 2.39. The van der Waals surface area contributed by atoms with Crippen molar-refractivity contribution in [3.63, 3.8) is 0 Å². The van der Waals surface area contributed by atoms with Crippen LogP contribution in [0.15, 0.2) is 36.4 Å². The summed E-state index contributed by atoms with van der Waals surface area (Å²) in [5.41, 5.74) is 1.58. The highest BCUT2D eigenvalue weighted by molar-refractivity contribution is 6.31. The number of hydrogen-bond donors (Lipinski definition) is 1. The van der Waals surface area contributed by atoms with Gasteiger partial charge in [-0.25, -0.2) is 0 Å². The van der Waals surface area contributed by atoms with Crippen molar-refractivity contribution in [2.45, 2.75) is 13.0 Å². The Balaban J connectivity index is 2.09. The number of methoxy groups -OCH3 is 3. The molecule has 0 atom stereocenters. The van der Waals surface area contributed by atoms with Gasteiger partial charge in [0, 0.05) is 17.1 Å². The molecule has 0 aliphatic carbocycles. The van der Waals surface area contributed by atoms with Gasteiger partial charge in [0.2, 0.25) is 11.7 Å². The lowest BCUT2D eigenvalue weighted by atomic mass is 10.1. The molecule has 0 saturated carbocycles. The fraction of sp³-hybridized carbons (Fsp3) is 0.278. The van der Waals surface area contributed by atoms with Gasteiger partial charge in [-0.1, -0.05) is 29.8 Å². The van der Waals surface area contributed by atoms with Gasteiger partial charge >= 0.3 is 0 Å². The number of nitrogens with one attached hydrogen (secondary N) is 1. The maximum atomic E-state index is 12.1. The van der Waals surface area contributed by atoms with E-state index in [4.69, 9.17) is 25.8 Å². The molecular formula is C18H20ClNO4. The van der Waals surface area contributed by atoms with Gasteiger partial charge in [0.25, 0.3) is 0 Å². The Hall–Kier alpha value is -2.40. The first kappa shape index (κ1) is 17.9. The molecule has 0 aliphatic heterocycles. The molecule has 5 nitrogen and oxygen atoms in total. The summed E-state index contributed by atoms with van der Waals surface area (Å²) < 4.78 is 16.0. The van der Waals surface area contributed by atoms with Crippen LogP contribution >= 0.6 is 11.6 Å². The van der Waals surface area contributed by atoms with Gasteiger partial charge in [-0.2, -0.15) is 0 Å². The zero-order valence-corrected chi connectivity index (χ0v) is 14.6. The third kappa shape index (κ3) is 4.11. The van der Waals surface area contributed by atoms with E-state index in [1.165, 1.54) is 0 Å². The van der Waals surface area contributed by atoms with E-state index in [1.807, 2.05) is 24.3 Å². The van der Waals surface area contributed by atoms with Crippen LogP contribution in [0.5, 0.6) is 17.2 Å². The van der Waals surface area contributed by atoms with Gasteiger partial charge < -0.3 is 19.5 Å². The number of carbonyl (C=O) groups excluding carboxylic acids is 1. The van der Waals surface area contributed by atoms with Crippen molar-refractivity contribution < 1.29 is 19.0 Å². The lowest BCUT2D eigenvalue weighted by molar-refractivity contribution is -0.120. The Morgan fingerprint density at radius 2 is 1.67 bits per heavy atom.